The lowest BCUT2D eigenvalue weighted by molar-refractivity contribution is 0.0696. The number of hydrogen-bond acceptors (Lipinski definition) is 2. The van der Waals surface area contributed by atoms with E-state index in [0.29, 0.717) is 11.3 Å². The SMILES string of the molecule is Nc1ccc(C(=O)O)c(C=Cc2ccccc2)c1. The molecule has 0 fully saturated rings. The highest BCUT2D eigenvalue weighted by Gasteiger charge is 2.07. The summed E-state index contributed by atoms with van der Waals surface area (Å²) >= 11 is 0. The van der Waals surface area contributed by atoms with E-state index in [1.807, 2.05) is 36.4 Å². The van der Waals surface area contributed by atoms with Gasteiger partial charge in [-0.15, -0.1) is 0 Å². The predicted molar refractivity (Wildman–Crippen MR) is 73.2 cm³/mol. The maximum atomic E-state index is 11.1. The molecule has 0 aromatic heterocycles. The molecule has 2 aromatic carbocycles. The Hall–Kier alpha value is -2.55. The van der Waals surface area contributed by atoms with Gasteiger partial charge in [0.05, 0.1) is 5.56 Å². The minimum Gasteiger partial charge on any atom is -0.478 e. The summed E-state index contributed by atoms with van der Waals surface area (Å²) in [5.41, 5.74) is 8.08. The highest BCUT2D eigenvalue weighted by molar-refractivity contribution is 5.94. The zero-order chi connectivity index (χ0) is 13.0. The number of nitrogen functional groups attached to an aromatic ring is 1. The Balaban J connectivity index is 2.36. The number of hydrogen-bond donors (Lipinski definition) is 2. The third-order valence-corrected chi connectivity index (χ3v) is 2.56. The highest BCUT2D eigenvalue weighted by atomic mass is 16.4. The second-order valence-electron chi connectivity index (χ2n) is 3.90. The van der Waals surface area contributed by atoms with Gasteiger partial charge in [0.1, 0.15) is 0 Å². The Morgan fingerprint density at radius 2 is 1.78 bits per heavy atom. The molecule has 0 unspecified atom stereocenters. The molecule has 2 aromatic rings. The summed E-state index contributed by atoms with van der Waals surface area (Å²) < 4.78 is 0. The number of carboxylic acid groups (broad SMARTS) is 1. The van der Waals surface area contributed by atoms with Crippen molar-refractivity contribution in [3.05, 3.63) is 65.2 Å². The van der Waals surface area contributed by atoms with Crippen LogP contribution in [0.1, 0.15) is 21.5 Å². The van der Waals surface area contributed by atoms with Crippen LogP contribution in [0.2, 0.25) is 0 Å². The van der Waals surface area contributed by atoms with Crippen LogP contribution in [-0.2, 0) is 0 Å². The van der Waals surface area contributed by atoms with E-state index in [9.17, 15) is 4.79 Å². The number of rotatable bonds is 3. The summed E-state index contributed by atoms with van der Waals surface area (Å²) in [5.74, 6) is -0.956. The van der Waals surface area contributed by atoms with Gasteiger partial charge in [-0.1, -0.05) is 42.5 Å². The van der Waals surface area contributed by atoms with Crippen molar-refractivity contribution in [2.75, 3.05) is 5.73 Å². The van der Waals surface area contributed by atoms with Crippen LogP contribution in [0.25, 0.3) is 12.2 Å². The lowest BCUT2D eigenvalue weighted by Crippen LogP contribution is -2.00. The summed E-state index contributed by atoms with van der Waals surface area (Å²) in [6.07, 6.45) is 3.62. The van der Waals surface area contributed by atoms with Crippen molar-refractivity contribution in [2.24, 2.45) is 0 Å². The highest BCUT2D eigenvalue weighted by Crippen LogP contribution is 2.17. The molecule has 0 atom stereocenters. The first-order valence-corrected chi connectivity index (χ1v) is 5.53. The predicted octanol–water partition coefficient (Wildman–Crippen LogP) is 3.14. The minimum absolute atomic E-state index is 0.247. The largest absolute Gasteiger partial charge is 0.478 e. The molecule has 0 aliphatic carbocycles. The normalized spacial score (nSPS) is 10.7. The van der Waals surface area contributed by atoms with Gasteiger partial charge in [0, 0.05) is 5.69 Å². The fourth-order valence-electron chi connectivity index (χ4n) is 1.66. The zero-order valence-electron chi connectivity index (χ0n) is 9.71. The topological polar surface area (TPSA) is 63.3 Å². The van der Waals surface area contributed by atoms with Crippen LogP contribution in [0.15, 0.2) is 48.5 Å². The molecule has 3 N–H and O–H groups in total. The average Bonchev–Trinajstić information content (AvgIpc) is 2.37. The van der Waals surface area contributed by atoms with Crippen molar-refractivity contribution in [1.29, 1.82) is 0 Å². The van der Waals surface area contributed by atoms with Crippen molar-refractivity contribution in [3.8, 4) is 0 Å². The van der Waals surface area contributed by atoms with Gasteiger partial charge in [0.25, 0.3) is 0 Å². The molecule has 0 amide bonds. The zero-order valence-corrected chi connectivity index (χ0v) is 9.71. The average molecular weight is 239 g/mol. The smallest absolute Gasteiger partial charge is 0.336 e. The quantitative estimate of drug-likeness (QED) is 0.639. The molecule has 2 rings (SSSR count). The van der Waals surface area contributed by atoms with Crippen LogP contribution in [0.5, 0.6) is 0 Å². The van der Waals surface area contributed by atoms with E-state index in [2.05, 4.69) is 0 Å². The van der Waals surface area contributed by atoms with Crippen LogP contribution in [0, 0.1) is 0 Å². The second-order valence-corrected chi connectivity index (χ2v) is 3.90. The van der Waals surface area contributed by atoms with Gasteiger partial charge in [-0.3, -0.25) is 0 Å². The number of anilines is 1. The van der Waals surface area contributed by atoms with E-state index in [1.165, 1.54) is 6.07 Å². The molecule has 0 spiro atoms. The first-order valence-electron chi connectivity index (χ1n) is 5.53. The summed E-state index contributed by atoms with van der Waals surface area (Å²) in [4.78, 5) is 11.1. The first kappa shape index (κ1) is 11.9. The number of aromatic carboxylic acids is 1. The van der Waals surface area contributed by atoms with E-state index in [1.54, 1.807) is 18.2 Å². The van der Waals surface area contributed by atoms with Crippen LogP contribution in [0.4, 0.5) is 5.69 Å². The Bertz CT molecular complexity index is 589. The third kappa shape index (κ3) is 2.77. The Kier molecular flexibility index (Phi) is 3.44. The fourth-order valence-corrected chi connectivity index (χ4v) is 1.66. The van der Waals surface area contributed by atoms with E-state index in [0.717, 1.165) is 5.56 Å². The van der Waals surface area contributed by atoms with Crippen LogP contribution < -0.4 is 5.73 Å². The molecule has 0 radical (unpaired) electrons. The number of carbonyl (C=O) groups is 1. The molecular formula is C15H13NO2. The molecule has 3 heteroatoms. The fraction of sp³-hybridized carbons (Fsp3) is 0. The van der Waals surface area contributed by atoms with E-state index >= 15 is 0 Å². The van der Waals surface area contributed by atoms with Crippen molar-refractivity contribution >= 4 is 23.8 Å². The summed E-state index contributed by atoms with van der Waals surface area (Å²) in [6, 6.07) is 14.4. The summed E-state index contributed by atoms with van der Waals surface area (Å²) in [5, 5.41) is 9.08. The van der Waals surface area contributed by atoms with E-state index < -0.39 is 5.97 Å². The van der Waals surface area contributed by atoms with Gasteiger partial charge in [-0.25, -0.2) is 4.79 Å². The molecule has 0 heterocycles. The van der Waals surface area contributed by atoms with Crippen molar-refractivity contribution < 1.29 is 9.90 Å². The molecule has 3 nitrogen and oxygen atoms in total. The second kappa shape index (κ2) is 5.19. The molecule has 0 saturated heterocycles. The standard InChI is InChI=1S/C15H13NO2/c16-13-8-9-14(15(17)18)12(10-13)7-6-11-4-2-1-3-5-11/h1-10H,16H2,(H,17,18). The number of benzene rings is 2. The summed E-state index contributed by atoms with van der Waals surface area (Å²) in [6.45, 7) is 0. The first-order chi connectivity index (χ1) is 8.66. The van der Waals surface area contributed by atoms with E-state index in [4.69, 9.17) is 10.8 Å². The lowest BCUT2D eigenvalue weighted by atomic mass is 10.0. The van der Waals surface area contributed by atoms with Crippen LogP contribution >= 0.6 is 0 Å². The third-order valence-electron chi connectivity index (χ3n) is 2.56. The Labute approximate surface area is 105 Å². The molecule has 18 heavy (non-hydrogen) atoms. The maximum absolute atomic E-state index is 11.1. The van der Waals surface area contributed by atoms with Crippen LogP contribution in [0.3, 0.4) is 0 Å². The summed E-state index contributed by atoms with van der Waals surface area (Å²) in [7, 11) is 0. The van der Waals surface area contributed by atoms with Crippen LogP contribution in [-0.4, -0.2) is 11.1 Å². The number of carboxylic acids is 1. The Morgan fingerprint density at radius 3 is 2.44 bits per heavy atom. The van der Waals surface area contributed by atoms with Crippen molar-refractivity contribution in [2.45, 2.75) is 0 Å². The minimum atomic E-state index is -0.956. The number of nitrogens with two attached hydrogens (primary N) is 1. The van der Waals surface area contributed by atoms with Gasteiger partial charge in [-0.05, 0) is 29.3 Å². The maximum Gasteiger partial charge on any atom is 0.336 e. The van der Waals surface area contributed by atoms with Gasteiger partial charge in [0.15, 0.2) is 0 Å². The Morgan fingerprint density at radius 1 is 1.06 bits per heavy atom. The van der Waals surface area contributed by atoms with Crippen molar-refractivity contribution in [3.63, 3.8) is 0 Å². The van der Waals surface area contributed by atoms with E-state index in [-0.39, 0.29) is 5.56 Å². The molecule has 0 bridgehead atoms. The van der Waals surface area contributed by atoms with Crippen molar-refractivity contribution in [1.82, 2.24) is 0 Å². The lowest BCUT2D eigenvalue weighted by Gasteiger charge is -2.02. The van der Waals surface area contributed by atoms with Gasteiger partial charge in [0.2, 0.25) is 0 Å². The molecule has 0 saturated carbocycles. The molecule has 90 valence electrons. The van der Waals surface area contributed by atoms with Gasteiger partial charge < -0.3 is 10.8 Å². The molecule has 0 aliphatic rings. The monoisotopic (exact) mass is 239 g/mol. The molecule has 0 aliphatic heterocycles. The van der Waals surface area contributed by atoms with Gasteiger partial charge in [-0.2, -0.15) is 0 Å². The van der Waals surface area contributed by atoms with Gasteiger partial charge >= 0.3 is 5.97 Å². The molecular weight excluding hydrogens is 226 g/mol.